The summed E-state index contributed by atoms with van der Waals surface area (Å²) >= 11 is 0. The van der Waals surface area contributed by atoms with Gasteiger partial charge >= 0.3 is 0 Å². The summed E-state index contributed by atoms with van der Waals surface area (Å²) in [4.78, 5) is 4.41. The number of pyridine rings is 1. The van der Waals surface area contributed by atoms with Gasteiger partial charge in [-0.3, -0.25) is 4.98 Å². The highest BCUT2D eigenvalue weighted by atomic mass is 14.8. The molecular weight excluding hydrogens is 184 g/mol. The Balaban J connectivity index is 3.09. The fourth-order valence-corrected chi connectivity index (χ4v) is 1.99. The minimum Gasteiger partial charge on any atom is -0.323 e. The lowest BCUT2D eigenvalue weighted by Gasteiger charge is -2.15. The summed E-state index contributed by atoms with van der Waals surface area (Å²) in [5.74, 6) is 0. The second-order valence-electron chi connectivity index (χ2n) is 4.12. The predicted octanol–water partition coefficient (Wildman–Crippen LogP) is 3.01. The van der Waals surface area contributed by atoms with Crippen LogP contribution in [0.25, 0.3) is 0 Å². The van der Waals surface area contributed by atoms with E-state index in [1.165, 1.54) is 17.5 Å². The highest BCUT2D eigenvalue weighted by Crippen LogP contribution is 2.20. The third kappa shape index (κ3) is 3.03. The molecule has 1 unspecified atom stereocenters. The van der Waals surface area contributed by atoms with Crippen molar-refractivity contribution in [2.45, 2.75) is 52.5 Å². The van der Waals surface area contributed by atoms with E-state index in [0.29, 0.717) is 0 Å². The van der Waals surface area contributed by atoms with E-state index in [9.17, 15) is 0 Å². The van der Waals surface area contributed by atoms with Crippen LogP contribution in [0, 0.1) is 0 Å². The van der Waals surface area contributed by atoms with Crippen molar-refractivity contribution in [3.05, 3.63) is 29.1 Å². The minimum absolute atomic E-state index is 0.0448. The van der Waals surface area contributed by atoms with Crippen LogP contribution in [0.2, 0.25) is 0 Å². The van der Waals surface area contributed by atoms with Crippen LogP contribution in [-0.4, -0.2) is 4.98 Å². The highest BCUT2D eigenvalue weighted by molar-refractivity contribution is 5.32. The molecule has 0 bridgehead atoms. The molecule has 0 fully saturated rings. The summed E-state index contributed by atoms with van der Waals surface area (Å²) in [5, 5.41) is 0. The SMILES string of the molecule is CCCc1ccnc(C(C)N)c1CCC. The molecule has 0 aliphatic heterocycles. The average molecular weight is 206 g/mol. The molecule has 15 heavy (non-hydrogen) atoms. The topological polar surface area (TPSA) is 38.9 Å². The van der Waals surface area contributed by atoms with Gasteiger partial charge in [0.1, 0.15) is 0 Å². The molecule has 1 rings (SSSR count). The molecule has 0 aromatic carbocycles. The van der Waals surface area contributed by atoms with Gasteiger partial charge in [-0.2, -0.15) is 0 Å². The van der Waals surface area contributed by atoms with E-state index >= 15 is 0 Å². The standard InChI is InChI=1S/C13H22N2/c1-4-6-11-8-9-15-13(10(3)14)12(11)7-5-2/h8-10H,4-7,14H2,1-3H3. The van der Waals surface area contributed by atoms with E-state index in [0.717, 1.165) is 25.0 Å². The maximum atomic E-state index is 5.95. The maximum Gasteiger partial charge on any atom is 0.0602 e. The largest absolute Gasteiger partial charge is 0.323 e. The zero-order chi connectivity index (χ0) is 11.3. The van der Waals surface area contributed by atoms with Crippen molar-refractivity contribution in [3.63, 3.8) is 0 Å². The lowest BCUT2D eigenvalue weighted by atomic mass is 9.96. The number of nitrogens with two attached hydrogens (primary N) is 1. The summed E-state index contributed by atoms with van der Waals surface area (Å²) in [5.41, 5.74) is 9.85. The Kier molecular flexibility index (Phi) is 4.76. The Morgan fingerprint density at radius 1 is 1.27 bits per heavy atom. The van der Waals surface area contributed by atoms with Crippen molar-refractivity contribution >= 4 is 0 Å². The number of hydrogen-bond donors (Lipinski definition) is 1. The van der Waals surface area contributed by atoms with Crippen molar-refractivity contribution in [2.75, 3.05) is 0 Å². The lowest BCUT2D eigenvalue weighted by Crippen LogP contribution is -2.12. The molecule has 1 aromatic rings. The third-order valence-corrected chi connectivity index (χ3v) is 2.64. The molecule has 0 radical (unpaired) electrons. The van der Waals surface area contributed by atoms with Gasteiger partial charge in [0.05, 0.1) is 5.69 Å². The van der Waals surface area contributed by atoms with Gasteiger partial charge in [-0.15, -0.1) is 0 Å². The van der Waals surface area contributed by atoms with E-state index in [-0.39, 0.29) is 6.04 Å². The summed E-state index contributed by atoms with van der Waals surface area (Å²) in [6.07, 6.45) is 6.46. The van der Waals surface area contributed by atoms with Gasteiger partial charge in [0.15, 0.2) is 0 Å². The number of rotatable bonds is 5. The molecule has 0 aliphatic rings. The molecular formula is C13H22N2. The second-order valence-corrected chi connectivity index (χ2v) is 4.12. The summed E-state index contributed by atoms with van der Waals surface area (Å²) in [6.45, 7) is 6.42. The molecule has 0 saturated carbocycles. The van der Waals surface area contributed by atoms with Gasteiger partial charge in [-0.05, 0) is 37.0 Å². The number of aryl methyl sites for hydroxylation is 1. The van der Waals surface area contributed by atoms with Crippen molar-refractivity contribution in [1.82, 2.24) is 4.98 Å². The number of aromatic nitrogens is 1. The zero-order valence-corrected chi connectivity index (χ0v) is 10.1. The van der Waals surface area contributed by atoms with Crippen LogP contribution in [0.3, 0.4) is 0 Å². The molecule has 0 spiro atoms. The first-order valence-electron chi connectivity index (χ1n) is 5.92. The molecule has 2 N–H and O–H groups in total. The highest BCUT2D eigenvalue weighted by Gasteiger charge is 2.11. The van der Waals surface area contributed by atoms with Crippen LogP contribution in [0.4, 0.5) is 0 Å². The smallest absolute Gasteiger partial charge is 0.0602 e. The molecule has 1 heterocycles. The van der Waals surface area contributed by atoms with Crippen molar-refractivity contribution < 1.29 is 0 Å². The van der Waals surface area contributed by atoms with E-state index in [1.807, 2.05) is 13.1 Å². The van der Waals surface area contributed by atoms with Crippen LogP contribution in [0.5, 0.6) is 0 Å². The Hall–Kier alpha value is -0.890. The molecule has 2 nitrogen and oxygen atoms in total. The predicted molar refractivity (Wildman–Crippen MR) is 64.8 cm³/mol. The van der Waals surface area contributed by atoms with Gasteiger partial charge in [-0.25, -0.2) is 0 Å². The van der Waals surface area contributed by atoms with Crippen LogP contribution < -0.4 is 5.73 Å². The van der Waals surface area contributed by atoms with Crippen molar-refractivity contribution in [1.29, 1.82) is 0 Å². The fourth-order valence-electron chi connectivity index (χ4n) is 1.99. The summed E-state index contributed by atoms with van der Waals surface area (Å²) < 4.78 is 0. The average Bonchev–Trinajstić information content (AvgIpc) is 2.21. The third-order valence-electron chi connectivity index (χ3n) is 2.64. The van der Waals surface area contributed by atoms with Crippen LogP contribution in [0.1, 0.15) is 56.5 Å². The van der Waals surface area contributed by atoms with Gasteiger partial charge in [0.2, 0.25) is 0 Å². The van der Waals surface area contributed by atoms with Crippen LogP contribution in [-0.2, 0) is 12.8 Å². The quantitative estimate of drug-likeness (QED) is 0.804. The van der Waals surface area contributed by atoms with Gasteiger partial charge in [0.25, 0.3) is 0 Å². The second kappa shape index (κ2) is 5.86. The fraction of sp³-hybridized carbons (Fsp3) is 0.615. The van der Waals surface area contributed by atoms with Crippen molar-refractivity contribution in [3.8, 4) is 0 Å². The van der Waals surface area contributed by atoms with E-state index in [4.69, 9.17) is 5.73 Å². The molecule has 0 saturated heterocycles. The molecule has 1 atom stereocenters. The first-order chi connectivity index (χ1) is 7.20. The molecule has 1 aromatic heterocycles. The molecule has 84 valence electrons. The van der Waals surface area contributed by atoms with Gasteiger partial charge < -0.3 is 5.73 Å². The van der Waals surface area contributed by atoms with Crippen LogP contribution >= 0.6 is 0 Å². The van der Waals surface area contributed by atoms with E-state index < -0.39 is 0 Å². The Morgan fingerprint density at radius 3 is 2.47 bits per heavy atom. The van der Waals surface area contributed by atoms with E-state index in [1.54, 1.807) is 0 Å². The molecule has 2 heteroatoms. The number of nitrogens with zero attached hydrogens (tertiary/aromatic N) is 1. The Labute approximate surface area is 92.9 Å². The first-order valence-corrected chi connectivity index (χ1v) is 5.92. The first kappa shape index (κ1) is 12.2. The van der Waals surface area contributed by atoms with E-state index in [2.05, 4.69) is 24.9 Å². The number of hydrogen-bond acceptors (Lipinski definition) is 2. The summed E-state index contributed by atoms with van der Waals surface area (Å²) in [6, 6.07) is 2.18. The lowest BCUT2D eigenvalue weighted by molar-refractivity contribution is 0.738. The van der Waals surface area contributed by atoms with Crippen LogP contribution in [0.15, 0.2) is 12.3 Å². The normalized spacial score (nSPS) is 12.8. The Bertz CT molecular complexity index is 305. The van der Waals surface area contributed by atoms with Gasteiger partial charge in [0, 0.05) is 12.2 Å². The summed E-state index contributed by atoms with van der Waals surface area (Å²) in [7, 11) is 0. The molecule has 0 aliphatic carbocycles. The monoisotopic (exact) mass is 206 g/mol. The molecule has 0 amide bonds. The van der Waals surface area contributed by atoms with Gasteiger partial charge in [-0.1, -0.05) is 26.7 Å². The maximum absolute atomic E-state index is 5.95. The zero-order valence-electron chi connectivity index (χ0n) is 10.1. The van der Waals surface area contributed by atoms with Crippen molar-refractivity contribution in [2.24, 2.45) is 5.73 Å². The minimum atomic E-state index is 0.0448. The Morgan fingerprint density at radius 2 is 1.93 bits per heavy atom.